The predicted molar refractivity (Wildman–Crippen MR) is 368 cm³/mol. The highest BCUT2D eigenvalue weighted by atomic mass is 19.1. The summed E-state index contributed by atoms with van der Waals surface area (Å²) >= 11 is 0. The first-order valence-corrected chi connectivity index (χ1v) is 31.5. The van der Waals surface area contributed by atoms with E-state index in [1.54, 1.807) is 88.8 Å². The molecule has 0 unspecified atom stereocenters. The molecule has 23 heteroatoms. The molecule has 0 atom stereocenters. The molecule has 0 saturated heterocycles. The van der Waals surface area contributed by atoms with Crippen LogP contribution in [0.15, 0.2) is 133 Å². The van der Waals surface area contributed by atoms with Crippen molar-refractivity contribution in [3.8, 4) is 11.5 Å². The van der Waals surface area contributed by atoms with Gasteiger partial charge in [0.15, 0.2) is 0 Å². The Labute approximate surface area is 553 Å². The molecule has 13 N–H and O–H groups in total. The van der Waals surface area contributed by atoms with E-state index in [4.69, 9.17) is 41.9 Å². The number of benzene rings is 6. The number of methoxy groups -OCH3 is 2. The Morgan fingerprint density at radius 2 is 1.00 bits per heavy atom. The smallest absolute Gasteiger partial charge is 0.255 e. The van der Waals surface area contributed by atoms with Gasteiger partial charge in [0.25, 0.3) is 11.8 Å². The molecule has 2 heterocycles. The summed E-state index contributed by atoms with van der Waals surface area (Å²) in [6.07, 6.45) is 15.5. The number of carbonyl (C=O) groups excluding carboxylic acids is 5. The predicted octanol–water partition coefficient (Wildman–Crippen LogP) is 9.61. The molecule has 2 aliphatic rings. The van der Waals surface area contributed by atoms with Crippen molar-refractivity contribution >= 4 is 75.6 Å². The zero-order valence-electron chi connectivity index (χ0n) is 54.8. The molecule has 6 aromatic carbocycles. The molecule has 95 heavy (non-hydrogen) atoms. The number of hydrogen-bond donors (Lipinski definition) is 9. The number of H-pyrrole nitrogens is 2. The van der Waals surface area contributed by atoms with Gasteiger partial charge in [-0.25, -0.2) is 8.78 Å². The maximum absolute atomic E-state index is 13.3. The zero-order valence-corrected chi connectivity index (χ0v) is 54.8. The number of amides is 5. The van der Waals surface area contributed by atoms with Crippen molar-refractivity contribution in [3.05, 3.63) is 190 Å². The van der Waals surface area contributed by atoms with E-state index in [-0.39, 0.29) is 52.2 Å². The highest BCUT2D eigenvalue weighted by Crippen LogP contribution is 2.41. The van der Waals surface area contributed by atoms with E-state index in [0.717, 1.165) is 72.6 Å². The molecule has 0 aliphatic heterocycles. The molecule has 2 aromatic heterocycles. The third-order valence-corrected chi connectivity index (χ3v) is 15.3. The van der Waals surface area contributed by atoms with Crippen molar-refractivity contribution in [2.45, 2.75) is 94.9 Å². The van der Waals surface area contributed by atoms with E-state index in [9.17, 15) is 32.8 Å². The number of nitrogens with two attached hydrogens (primary N) is 4. The van der Waals surface area contributed by atoms with Crippen LogP contribution in [0.1, 0.15) is 125 Å². The van der Waals surface area contributed by atoms with Crippen LogP contribution in [0.3, 0.4) is 0 Å². The molecular formula is C72H90F2N12O9. The Balaban J connectivity index is 0.000000224. The summed E-state index contributed by atoms with van der Waals surface area (Å²) in [5.41, 5.74) is 27.2. The summed E-state index contributed by atoms with van der Waals surface area (Å²) in [7, 11) is 8.22. The number of nitrogens with zero attached hydrogens (tertiary/aromatic N) is 3. The zero-order chi connectivity index (χ0) is 68.6. The number of carbonyl (C=O) groups is 5. The Morgan fingerprint density at radius 3 is 1.40 bits per heavy atom. The molecule has 8 aromatic rings. The van der Waals surface area contributed by atoms with Crippen LogP contribution in [0.2, 0.25) is 0 Å². The van der Waals surface area contributed by atoms with E-state index in [2.05, 4.69) is 36.3 Å². The lowest BCUT2D eigenvalue weighted by Crippen LogP contribution is -2.40. The summed E-state index contributed by atoms with van der Waals surface area (Å²) in [6, 6.07) is 39.5. The van der Waals surface area contributed by atoms with Crippen molar-refractivity contribution in [1.29, 1.82) is 0 Å². The molecular weight excluding hydrogens is 1210 g/mol. The van der Waals surface area contributed by atoms with Crippen LogP contribution in [0.5, 0.6) is 11.5 Å². The summed E-state index contributed by atoms with van der Waals surface area (Å²) in [5, 5.41) is 25.0. The minimum atomic E-state index is -0.354. The molecule has 0 bridgehead atoms. The average molecular weight is 1310 g/mol. The number of nitrogens with one attached hydrogen (secondary N) is 5. The van der Waals surface area contributed by atoms with E-state index in [1.807, 2.05) is 85.0 Å². The van der Waals surface area contributed by atoms with Crippen LogP contribution in [0, 0.1) is 11.6 Å². The van der Waals surface area contributed by atoms with Crippen molar-refractivity contribution in [3.63, 3.8) is 0 Å². The second kappa shape index (κ2) is 38.5. The van der Waals surface area contributed by atoms with Gasteiger partial charge in [-0.15, -0.1) is 0 Å². The fraction of sp³-hybridized carbons (Fsp3) is 0.347. The van der Waals surface area contributed by atoms with Gasteiger partial charge in [0.2, 0.25) is 17.7 Å². The number of hydrogen-bond acceptors (Lipinski definition) is 14. The molecule has 506 valence electrons. The first-order valence-electron chi connectivity index (χ1n) is 31.5. The van der Waals surface area contributed by atoms with Crippen LogP contribution < -0.4 is 48.4 Å². The Hall–Kier alpha value is -9.65. The van der Waals surface area contributed by atoms with Gasteiger partial charge in [0, 0.05) is 52.6 Å². The first kappa shape index (κ1) is 74.4. The lowest BCUT2D eigenvalue weighted by Gasteiger charge is -2.19. The molecule has 2 fully saturated rings. The van der Waals surface area contributed by atoms with Gasteiger partial charge in [-0.1, -0.05) is 97.1 Å². The van der Waals surface area contributed by atoms with Gasteiger partial charge in [-0.05, 0) is 154 Å². The summed E-state index contributed by atoms with van der Waals surface area (Å²) in [5.74, 6) is -0.0929. The second-order valence-corrected chi connectivity index (χ2v) is 23.0. The van der Waals surface area contributed by atoms with Crippen LogP contribution >= 0.6 is 0 Å². The van der Waals surface area contributed by atoms with Crippen LogP contribution in [0.4, 0.5) is 8.78 Å². The molecule has 5 amide bonds. The van der Waals surface area contributed by atoms with Gasteiger partial charge in [0.05, 0.1) is 83.9 Å². The molecule has 0 radical (unpaired) electrons. The topological polar surface area (TPSA) is 323 Å². The Kier molecular flexibility index (Phi) is 30.2. The maximum Gasteiger partial charge on any atom is 0.255 e. The maximum atomic E-state index is 13.3. The van der Waals surface area contributed by atoms with Crippen LogP contribution in [-0.4, -0.2) is 134 Å². The highest BCUT2D eigenvalue weighted by Gasteiger charge is 2.45. The SMILES string of the molecule is CN(C)C(=O)CCCN.CNC(=O)CCCN.COc1c(C(=O)NC2(CCOCc3ccccc3)CC2)ccc2n[nH]c(/C=C/c3ccc(F)cc3)c12.COc1c(C(=O)NC2(COCc3ccccc3)CC2)ccc2n[nH]c(/C=C/c3ccc(F)cc3)c12.NCCCC(N)=O. The Bertz CT molecular complexity index is 3760. The molecule has 10 rings (SSSR count). The van der Waals surface area contributed by atoms with Gasteiger partial charge < -0.3 is 62.7 Å². The van der Waals surface area contributed by atoms with Gasteiger partial charge in [-0.2, -0.15) is 10.2 Å². The van der Waals surface area contributed by atoms with E-state index >= 15 is 0 Å². The number of primary amides is 1. The quantitative estimate of drug-likeness (QED) is 0.0206. The summed E-state index contributed by atoms with van der Waals surface area (Å²) in [4.78, 5) is 59.3. The fourth-order valence-corrected chi connectivity index (χ4v) is 9.51. The van der Waals surface area contributed by atoms with Gasteiger partial charge in [-0.3, -0.25) is 34.2 Å². The summed E-state index contributed by atoms with van der Waals surface area (Å²) in [6.45, 7) is 3.83. The third-order valence-electron chi connectivity index (χ3n) is 15.3. The number of aromatic nitrogens is 4. The van der Waals surface area contributed by atoms with Gasteiger partial charge >= 0.3 is 0 Å². The number of halogens is 2. The third kappa shape index (κ3) is 24.3. The largest absolute Gasteiger partial charge is 0.495 e. The monoisotopic (exact) mass is 1300 g/mol. The van der Waals surface area contributed by atoms with Crippen molar-refractivity contribution in [2.24, 2.45) is 22.9 Å². The molecule has 2 saturated carbocycles. The summed E-state index contributed by atoms with van der Waals surface area (Å²) < 4.78 is 49.5. The molecule has 2 aliphatic carbocycles. The minimum absolute atomic E-state index is 0.0652. The van der Waals surface area contributed by atoms with E-state index < -0.39 is 0 Å². The van der Waals surface area contributed by atoms with E-state index in [0.29, 0.717) is 122 Å². The number of fused-ring (bicyclic) bond motifs is 2. The lowest BCUT2D eigenvalue weighted by atomic mass is 10.1. The van der Waals surface area contributed by atoms with E-state index in [1.165, 1.54) is 24.3 Å². The van der Waals surface area contributed by atoms with Gasteiger partial charge in [0.1, 0.15) is 23.1 Å². The number of ether oxygens (including phenoxy) is 4. The molecule has 21 nitrogen and oxygen atoms in total. The number of rotatable bonds is 28. The van der Waals surface area contributed by atoms with Crippen molar-refractivity contribution in [2.75, 3.05) is 68.2 Å². The normalized spacial score (nSPS) is 12.9. The highest BCUT2D eigenvalue weighted by molar-refractivity contribution is 6.07. The first-order chi connectivity index (χ1) is 45.9. The van der Waals surface area contributed by atoms with Crippen LogP contribution in [0.25, 0.3) is 46.1 Å². The minimum Gasteiger partial charge on any atom is -0.495 e. The van der Waals surface area contributed by atoms with Crippen LogP contribution in [-0.2, 0) is 37.1 Å². The fourth-order valence-electron chi connectivity index (χ4n) is 9.51. The van der Waals surface area contributed by atoms with Crippen molar-refractivity contribution in [1.82, 2.24) is 41.2 Å². The lowest BCUT2D eigenvalue weighted by molar-refractivity contribution is -0.128. The molecule has 0 spiro atoms. The van der Waals surface area contributed by atoms with Crippen molar-refractivity contribution < 1.29 is 51.7 Å². The number of aromatic amines is 2. The second-order valence-electron chi connectivity index (χ2n) is 23.0. The average Bonchev–Trinajstić information content (AvgIpc) is 1.67. The Morgan fingerprint density at radius 1 is 0.568 bits per heavy atom. The standard InChI is InChI=1S/C29H28FN3O3.C28H26FN3O3.C6H14N2O.C5H12N2O.C4H10N2O/c1-35-27-23(28(34)31-29(15-16-29)17-18-36-19-21-5-3-2-4-6-21)12-14-25-26(27)24(32-33-25)13-9-20-7-10-22(30)11-8-20;1-34-26-22(27(33)30-28(15-16-28)18-35-17-20-5-3-2-4-6-20)12-14-24-25(26)23(31-32-24)13-9-19-7-10-21(29)11-8-19;1-8(2)6(9)4-3-5-7;1-7-5(8)3-2-4-6;5-3-1-2-4(6)7/h2-14H,15-19H2,1H3,(H,31,34)(H,32,33);2-14H,15-18H2,1H3,(H,30,33)(H,31,32);3-5,7H2,1-2H3;2-4,6H2,1H3,(H,7,8);1-3,5H2,(H2,6,7)/b2*13-9+;;;.